The normalized spacial score (nSPS) is 11.5. The molecule has 0 bridgehead atoms. The minimum Gasteiger partial charge on any atom is -0.339 e. The lowest BCUT2D eigenvalue weighted by Crippen LogP contribution is -2.14. The van der Waals surface area contributed by atoms with Crippen molar-refractivity contribution in [3.05, 3.63) is 47.8 Å². The van der Waals surface area contributed by atoms with Gasteiger partial charge in [0.25, 0.3) is 6.43 Å². The van der Waals surface area contributed by atoms with Crippen LogP contribution >= 0.6 is 0 Å². The van der Waals surface area contributed by atoms with Crippen LogP contribution in [0.5, 0.6) is 0 Å². The number of alkyl halides is 4. The molecule has 0 unspecified atom stereocenters. The van der Waals surface area contributed by atoms with Crippen LogP contribution < -0.4 is 10.6 Å². The maximum Gasteiger partial charge on any atom is 0.303 e. The van der Waals surface area contributed by atoms with E-state index in [2.05, 4.69) is 35.6 Å². The number of hydrogen-bond donors (Lipinski definition) is 2. The second-order valence-corrected chi connectivity index (χ2v) is 6.67. The number of hydrogen-bond acceptors (Lipinski definition) is 7. The number of amides is 1. The molecule has 3 rings (SSSR count). The van der Waals surface area contributed by atoms with Crippen LogP contribution in [-0.4, -0.2) is 30.8 Å². The molecule has 0 saturated carbocycles. The molecule has 0 aliphatic rings. The van der Waals surface area contributed by atoms with Gasteiger partial charge < -0.3 is 10.6 Å². The first-order valence-electron chi connectivity index (χ1n) is 8.92. The molecular weight excluding hydrogens is 418 g/mol. The minimum atomic E-state index is -3.26. The van der Waals surface area contributed by atoms with Crippen molar-refractivity contribution >= 4 is 23.2 Å². The zero-order valence-corrected chi connectivity index (χ0v) is 16.6. The van der Waals surface area contributed by atoms with Crippen LogP contribution in [0.4, 0.5) is 34.9 Å². The molecule has 3 heterocycles. The van der Waals surface area contributed by atoms with Crippen molar-refractivity contribution < 1.29 is 22.4 Å². The first-order chi connectivity index (χ1) is 14.5. The van der Waals surface area contributed by atoms with Gasteiger partial charge in [0.2, 0.25) is 11.7 Å². The van der Waals surface area contributed by atoms with E-state index in [1.807, 2.05) is 0 Å². The summed E-state index contributed by atoms with van der Waals surface area (Å²) in [7, 11) is 0. The summed E-state index contributed by atoms with van der Waals surface area (Å²) < 4.78 is 53.0. The Balaban J connectivity index is 2.06. The van der Waals surface area contributed by atoms with Crippen LogP contribution in [-0.2, 0) is 10.7 Å². The molecule has 0 radical (unpaired) electrons. The Hall–Kier alpha value is -3.70. The van der Waals surface area contributed by atoms with Crippen molar-refractivity contribution in [1.29, 1.82) is 0 Å². The van der Waals surface area contributed by atoms with E-state index in [-0.39, 0.29) is 40.2 Å². The molecule has 2 N–H and O–H groups in total. The van der Waals surface area contributed by atoms with Crippen LogP contribution in [0.3, 0.4) is 0 Å². The summed E-state index contributed by atoms with van der Waals surface area (Å²) in [6, 6.07) is 2.86. The van der Waals surface area contributed by atoms with Gasteiger partial charge in [-0.25, -0.2) is 33.7 Å². The summed E-state index contributed by atoms with van der Waals surface area (Å²) in [6.07, 6.45) is 0.533. The molecule has 1 amide bonds. The van der Waals surface area contributed by atoms with Gasteiger partial charge in [0.05, 0.1) is 16.8 Å². The summed E-state index contributed by atoms with van der Waals surface area (Å²) in [5, 5.41) is 5.37. The van der Waals surface area contributed by atoms with Gasteiger partial charge in [0, 0.05) is 50.3 Å². The van der Waals surface area contributed by atoms with Crippen molar-refractivity contribution in [2.45, 2.75) is 33.1 Å². The number of pyridine rings is 1. The average molecular weight is 435 g/mol. The molecule has 0 fully saturated rings. The number of rotatable bonds is 6. The monoisotopic (exact) mass is 435 g/mol. The van der Waals surface area contributed by atoms with E-state index < -0.39 is 18.2 Å². The Labute approximate surface area is 174 Å². The summed E-state index contributed by atoms with van der Waals surface area (Å²) in [5.74, 6) is -4.05. The maximum atomic E-state index is 13.7. The van der Waals surface area contributed by atoms with Crippen molar-refractivity contribution in [2.24, 2.45) is 0 Å². The summed E-state index contributed by atoms with van der Waals surface area (Å²) in [5.41, 5.74) is 0.467. The van der Waals surface area contributed by atoms with E-state index in [1.54, 1.807) is 0 Å². The van der Waals surface area contributed by atoms with Gasteiger partial charge in [0.15, 0.2) is 5.82 Å². The molecular formula is C19H17F4N7O. The average Bonchev–Trinajstić information content (AvgIpc) is 2.67. The van der Waals surface area contributed by atoms with Crippen molar-refractivity contribution in [3.63, 3.8) is 0 Å². The standard InChI is InChI=1S/C19H17F4N7O/c1-9-4-15(30-18(27-9)19(3,22)23)29-13-5-14(28-10(2)31)24-8-12(13)17-25-6-11(7-26-17)16(20)21/h4-8,16H,1-3H3,(H2,24,27,28,29,30,31). The van der Waals surface area contributed by atoms with Gasteiger partial charge in [-0.3, -0.25) is 4.79 Å². The number of carbonyl (C=O) groups excluding carboxylic acids is 1. The van der Waals surface area contributed by atoms with Crippen molar-refractivity contribution in [2.75, 3.05) is 10.6 Å². The lowest BCUT2D eigenvalue weighted by molar-refractivity contribution is -0.114. The number of anilines is 3. The maximum absolute atomic E-state index is 13.7. The van der Waals surface area contributed by atoms with Gasteiger partial charge in [-0.1, -0.05) is 0 Å². The van der Waals surface area contributed by atoms with Crippen molar-refractivity contribution in [3.8, 4) is 11.4 Å². The number of nitrogens with one attached hydrogen (secondary N) is 2. The van der Waals surface area contributed by atoms with Crippen LogP contribution in [0.2, 0.25) is 0 Å². The number of halogens is 4. The molecule has 8 nitrogen and oxygen atoms in total. The van der Waals surface area contributed by atoms with Gasteiger partial charge in [0.1, 0.15) is 11.6 Å². The van der Waals surface area contributed by atoms with Crippen molar-refractivity contribution in [1.82, 2.24) is 24.9 Å². The highest BCUT2D eigenvalue weighted by atomic mass is 19.3. The van der Waals surface area contributed by atoms with Gasteiger partial charge >= 0.3 is 5.92 Å². The summed E-state index contributed by atoms with van der Waals surface area (Å²) in [6.45, 7) is 3.50. The quantitative estimate of drug-likeness (QED) is 0.553. The fraction of sp³-hybridized carbons (Fsp3) is 0.263. The third-order valence-electron chi connectivity index (χ3n) is 3.88. The molecule has 0 aliphatic heterocycles. The predicted octanol–water partition coefficient (Wildman–Crippen LogP) is 4.39. The number of carbonyl (C=O) groups is 1. The Bertz CT molecular complexity index is 1100. The fourth-order valence-corrected chi connectivity index (χ4v) is 2.54. The van der Waals surface area contributed by atoms with Crippen LogP contribution in [0.1, 0.15) is 37.4 Å². The smallest absolute Gasteiger partial charge is 0.303 e. The van der Waals surface area contributed by atoms with E-state index in [4.69, 9.17) is 0 Å². The van der Waals surface area contributed by atoms with E-state index in [0.717, 1.165) is 12.4 Å². The molecule has 3 aromatic heterocycles. The Morgan fingerprint density at radius 3 is 2.29 bits per heavy atom. The molecule has 0 atom stereocenters. The van der Waals surface area contributed by atoms with Crippen LogP contribution in [0.25, 0.3) is 11.4 Å². The number of aryl methyl sites for hydroxylation is 1. The molecule has 0 aliphatic carbocycles. The number of aromatic nitrogens is 5. The van der Waals surface area contributed by atoms with Crippen LogP contribution in [0.15, 0.2) is 30.7 Å². The van der Waals surface area contributed by atoms with E-state index in [1.165, 1.54) is 32.2 Å². The third-order valence-corrected chi connectivity index (χ3v) is 3.88. The first-order valence-corrected chi connectivity index (χ1v) is 8.92. The highest BCUT2D eigenvalue weighted by Gasteiger charge is 2.29. The lowest BCUT2D eigenvalue weighted by Gasteiger charge is -2.15. The predicted molar refractivity (Wildman–Crippen MR) is 104 cm³/mol. The Kier molecular flexibility index (Phi) is 6.09. The topological polar surface area (TPSA) is 106 Å². The first kappa shape index (κ1) is 22.0. The third kappa shape index (κ3) is 5.47. The molecule has 0 spiro atoms. The molecule has 12 heteroatoms. The summed E-state index contributed by atoms with van der Waals surface area (Å²) in [4.78, 5) is 30.9. The van der Waals surface area contributed by atoms with E-state index in [9.17, 15) is 22.4 Å². The van der Waals surface area contributed by atoms with Gasteiger partial charge in [-0.15, -0.1) is 0 Å². The van der Waals surface area contributed by atoms with E-state index in [0.29, 0.717) is 12.6 Å². The molecule has 162 valence electrons. The lowest BCUT2D eigenvalue weighted by atomic mass is 10.2. The highest BCUT2D eigenvalue weighted by Crippen LogP contribution is 2.31. The van der Waals surface area contributed by atoms with Gasteiger partial charge in [-0.2, -0.15) is 8.78 Å². The Morgan fingerprint density at radius 2 is 1.71 bits per heavy atom. The highest BCUT2D eigenvalue weighted by molar-refractivity contribution is 5.89. The minimum absolute atomic E-state index is 0.0504. The zero-order chi connectivity index (χ0) is 22.8. The second kappa shape index (κ2) is 8.58. The largest absolute Gasteiger partial charge is 0.339 e. The molecule has 31 heavy (non-hydrogen) atoms. The SMILES string of the molecule is CC(=O)Nc1cc(Nc2cc(C)nc(C(C)(F)F)n2)c(-c2ncc(C(F)F)cn2)cn1. The second-order valence-electron chi connectivity index (χ2n) is 6.67. The molecule has 3 aromatic rings. The fourth-order valence-electron chi connectivity index (χ4n) is 2.54. The van der Waals surface area contributed by atoms with Crippen LogP contribution in [0, 0.1) is 6.92 Å². The zero-order valence-electron chi connectivity index (χ0n) is 16.6. The summed E-state index contributed by atoms with van der Waals surface area (Å²) >= 11 is 0. The van der Waals surface area contributed by atoms with Gasteiger partial charge in [-0.05, 0) is 6.92 Å². The molecule has 0 aromatic carbocycles. The number of nitrogens with zero attached hydrogens (tertiary/aromatic N) is 5. The molecule has 0 saturated heterocycles. The van der Waals surface area contributed by atoms with E-state index >= 15 is 0 Å². The Morgan fingerprint density at radius 1 is 1.03 bits per heavy atom.